The number of hydrogen-bond acceptors (Lipinski definition) is 5. The zero-order valence-electron chi connectivity index (χ0n) is 25.0. The SMILES string of the molecule is CCCCCCCN(C(=O)Nc1ccccc1Oc1ccccc1)c1ccc(Sc2ccc(CC(=O)OCC)cc2)cc1. The van der Waals surface area contributed by atoms with Crippen molar-refractivity contribution in [3.63, 3.8) is 0 Å². The van der Waals surface area contributed by atoms with Gasteiger partial charge in [0.1, 0.15) is 5.75 Å². The van der Waals surface area contributed by atoms with E-state index in [1.807, 2.05) is 115 Å². The maximum absolute atomic E-state index is 13.7. The molecule has 0 saturated heterocycles. The molecule has 0 aliphatic heterocycles. The molecule has 6 nitrogen and oxygen atoms in total. The van der Waals surface area contributed by atoms with Crippen LogP contribution in [0.2, 0.25) is 0 Å². The van der Waals surface area contributed by atoms with Gasteiger partial charge in [0, 0.05) is 22.0 Å². The number of carbonyl (C=O) groups is 2. The number of anilines is 2. The van der Waals surface area contributed by atoms with Crippen molar-refractivity contribution in [2.45, 2.75) is 62.2 Å². The first-order chi connectivity index (χ1) is 21.1. The molecule has 0 atom stereocenters. The van der Waals surface area contributed by atoms with Crippen molar-refractivity contribution < 1.29 is 19.1 Å². The molecule has 0 saturated carbocycles. The highest BCUT2D eigenvalue weighted by Crippen LogP contribution is 2.32. The number of urea groups is 1. The van der Waals surface area contributed by atoms with Crippen LogP contribution >= 0.6 is 11.8 Å². The van der Waals surface area contributed by atoms with E-state index in [1.165, 1.54) is 12.8 Å². The first-order valence-corrected chi connectivity index (χ1v) is 15.8. The average Bonchev–Trinajstić information content (AvgIpc) is 3.02. The molecule has 43 heavy (non-hydrogen) atoms. The summed E-state index contributed by atoms with van der Waals surface area (Å²) in [5, 5.41) is 3.09. The first kappa shape index (κ1) is 31.7. The van der Waals surface area contributed by atoms with Crippen LogP contribution in [-0.4, -0.2) is 25.2 Å². The second kappa shape index (κ2) is 17.0. The summed E-state index contributed by atoms with van der Waals surface area (Å²) in [7, 11) is 0. The van der Waals surface area contributed by atoms with Gasteiger partial charge in [0.05, 0.1) is 18.7 Å². The van der Waals surface area contributed by atoms with Crippen LogP contribution < -0.4 is 15.0 Å². The summed E-state index contributed by atoms with van der Waals surface area (Å²) in [6.45, 7) is 5.01. The molecule has 0 unspecified atom stereocenters. The van der Waals surface area contributed by atoms with Crippen LogP contribution in [-0.2, 0) is 16.0 Å². The van der Waals surface area contributed by atoms with Gasteiger partial charge in [0.25, 0.3) is 0 Å². The monoisotopic (exact) mass is 596 g/mol. The lowest BCUT2D eigenvalue weighted by molar-refractivity contribution is -0.142. The van der Waals surface area contributed by atoms with E-state index in [1.54, 1.807) is 11.8 Å². The van der Waals surface area contributed by atoms with Gasteiger partial charge < -0.3 is 14.8 Å². The minimum atomic E-state index is -0.218. The number of esters is 1. The second-order valence-corrected chi connectivity index (χ2v) is 11.3. The van der Waals surface area contributed by atoms with Crippen LogP contribution in [0, 0.1) is 0 Å². The number of para-hydroxylation sites is 3. The van der Waals surface area contributed by atoms with Gasteiger partial charge in [0.15, 0.2) is 5.75 Å². The molecule has 0 aliphatic carbocycles. The second-order valence-electron chi connectivity index (χ2n) is 10.1. The maximum Gasteiger partial charge on any atom is 0.326 e. The Labute approximate surface area is 259 Å². The third-order valence-corrected chi connectivity index (χ3v) is 7.81. The summed E-state index contributed by atoms with van der Waals surface area (Å²) in [5.74, 6) is 1.08. The average molecular weight is 597 g/mol. The van der Waals surface area contributed by atoms with Crippen molar-refractivity contribution >= 4 is 35.1 Å². The summed E-state index contributed by atoms with van der Waals surface area (Å²) in [6, 6.07) is 32.8. The smallest absolute Gasteiger partial charge is 0.326 e. The van der Waals surface area contributed by atoms with Crippen LogP contribution in [0.5, 0.6) is 11.5 Å². The Morgan fingerprint density at radius 3 is 2.09 bits per heavy atom. The zero-order chi connectivity index (χ0) is 30.3. The van der Waals surface area contributed by atoms with Gasteiger partial charge in [-0.1, -0.05) is 86.8 Å². The molecule has 224 valence electrons. The molecular weight excluding hydrogens is 556 g/mol. The van der Waals surface area contributed by atoms with Gasteiger partial charge in [0.2, 0.25) is 0 Å². The fraction of sp³-hybridized carbons (Fsp3) is 0.278. The third kappa shape index (κ3) is 10.2. The van der Waals surface area contributed by atoms with E-state index in [4.69, 9.17) is 9.47 Å². The Morgan fingerprint density at radius 1 is 0.744 bits per heavy atom. The number of nitrogens with zero attached hydrogens (tertiary/aromatic N) is 1. The number of ether oxygens (including phenoxy) is 2. The summed E-state index contributed by atoms with van der Waals surface area (Å²) in [4.78, 5) is 29.4. The van der Waals surface area contributed by atoms with Crippen molar-refractivity contribution in [2.24, 2.45) is 0 Å². The molecular formula is C36H40N2O4S. The molecule has 1 N–H and O–H groups in total. The number of unbranched alkanes of at least 4 members (excludes halogenated alkanes) is 4. The van der Waals surface area contributed by atoms with Crippen molar-refractivity contribution in [3.8, 4) is 11.5 Å². The van der Waals surface area contributed by atoms with E-state index in [0.29, 0.717) is 30.3 Å². The molecule has 4 aromatic carbocycles. The number of nitrogens with one attached hydrogen (secondary N) is 1. The molecule has 0 bridgehead atoms. The fourth-order valence-electron chi connectivity index (χ4n) is 4.56. The van der Waals surface area contributed by atoms with E-state index in [0.717, 1.165) is 40.3 Å². The fourth-order valence-corrected chi connectivity index (χ4v) is 5.38. The topological polar surface area (TPSA) is 67.9 Å². The van der Waals surface area contributed by atoms with E-state index in [9.17, 15) is 9.59 Å². The quantitative estimate of drug-likeness (QED) is 0.109. The summed E-state index contributed by atoms with van der Waals surface area (Å²) in [5.41, 5.74) is 2.38. The molecule has 2 amide bonds. The highest BCUT2D eigenvalue weighted by molar-refractivity contribution is 7.99. The van der Waals surface area contributed by atoms with Gasteiger partial charge >= 0.3 is 12.0 Å². The van der Waals surface area contributed by atoms with Crippen molar-refractivity contribution in [3.05, 3.63) is 109 Å². The zero-order valence-corrected chi connectivity index (χ0v) is 25.8. The van der Waals surface area contributed by atoms with Gasteiger partial charge in [-0.05, 0) is 79.6 Å². The lowest BCUT2D eigenvalue weighted by atomic mass is 10.1. The van der Waals surface area contributed by atoms with E-state index in [2.05, 4.69) is 12.2 Å². The van der Waals surface area contributed by atoms with Gasteiger partial charge in [-0.2, -0.15) is 0 Å². The standard InChI is InChI=1S/C36H40N2O4S/c1-3-5-6-7-13-26-38(36(40)37-33-16-11-12-17-34(33)42-30-14-9-8-10-15-30)29-20-24-32(25-21-29)43-31-22-18-28(19-23-31)27-35(39)41-4-2/h8-12,14-25H,3-7,13,26-27H2,1-2H3,(H,37,40). The van der Waals surface area contributed by atoms with Crippen LogP contribution in [0.4, 0.5) is 16.2 Å². The van der Waals surface area contributed by atoms with Crippen LogP contribution in [0.1, 0.15) is 51.5 Å². The molecule has 0 heterocycles. The molecule has 7 heteroatoms. The molecule has 0 radical (unpaired) electrons. The predicted molar refractivity (Wildman–Crippen MR) is 175 cm³/mol. The molecule has 0 fully saturated rings. The molecule has 0 spiro atoms. The minimum Gasteiger partial charge on any atom is -0.466 e. The first-order valence-electron chi connectivity index (χ1n) is 15.0. The molecule has 0 aromatic heterocycles. The number of hydrogen-bond donors (Lipinski definition) is 1. The highest BCUT2D eigenvalue weighted by atomic mass is 32.2. The van der Waals surface area contributed by atoms with E-state index >= 15 is 0 Å². The minimum absolute atomic E-state index is 0.197. The number of rotatable bonds is 15. The van der Waals surface area contributed by atoms with Crippen LogP contribution in [0.25, 0.3) is 0 Å². The van der Waals surface area contributed by atoms with Crippen molar-refractivity contribution in [1.82, 2.24) is 0 Å². The third-order valence-electron chi connectivity index (χ3n) is 6.79. The van der Waals surface area contributed by atoms with E-state index < -0.39 is 0 Å². The van der Waals surface area contributed by atoms with E-state index in [-0.39, 0.29) is 18.4 Å². The number of amides is 2. The predicted octanol–water partition coefficient (Wildman–Crippen LogP) is 9.74. The summed E-state index contributed by atoms with van der Waals surface area (Å²) >= 11 is 1.63. The lowest BCUT2D eigenvalue weighted by Gasteiger charge is -2.24. The van der Waals surface area contributed by atoms with Gasteiger partial charge in [-0.15, -0.1) is 0 Å². The van der Waals surface area contributed by atoms with Crippen LogP contribution in [0.15, 0.2) is 113 Å². The molecule has 0 aliphatic rings. The Kier molecular flexibility index (Phi) is 12.5. The Hall–Kier alpha value is -4.23. The number of carbonyl (C=O) groups excluding carboxylic acids is 2. The van der Waals surface area contributed by atoms with Gasteiger partial charge in [-0.3, -0.25) is 9.69 Å². The van der Waals surface area contributed by atoms with Crippen molar-refractivity contribution in [1.29, 1.82) is 0 Å². The normalized spacial score (nSPS) is 10.7. The van der Waals surface area contributed by atoms with Crippen LogP contribution in [0.3, 0.4) is 0 Å². The molecule has 4 rings (SSSR count). The maximum atomic E-state index is 13.7. The largest absolute Gasteiger partial charge is 0.466 e. The summed E-state index contributed by atoms with van der Waals surface area (Å²) in [6.07, 6.45) is 5.80. The molecule has 4 aromatic rings. The highest BCUT2D eigenvalue weighted by Gasteiger charge is 2.18. The van der Waals surface area contributed by atoms with Gasteiger partial charge in [-0.25, -0.2) is 4.79 Å². The number of benzene rings is 4. The Morgan fingerprint density at radius 2 is 1.40 bits per heavy atom. The Bertz CT molecular complexity index is 1430. The lowest BCUT2D eigenvalue weighted by Crippen LogP contribution is -2.36. The summed E-state index contributed by atoms with van der Waals surface area (Å²) < 4.78 is 11.1. The Balaban J connectivity index is 1.45. The van der Waals surface area contributed by atoms with Crippen molar-refractivity contribution in [2.75, 3.05) is 23.4 Å².